The number of nitrogens with one attached hydrogen (secondary N) is 1. The standard InChI is InChI=1S/C14H16N2O4S/c1-9(10-6-7-10)15-13(17)8-16-14(18)11-4-2-3-5-12(11)21(16,19)20/h2-5,9-10H,6-8H2,1H3,(H,15,17)/t9-/m1/s1. The third-order valence-corrected chi connectivity index (χ3v) is 5.70. The van der Waals surface area contributed by atoms with E-state index in [-0.39, 0.29) is 16.5 Å². The van der Waals surface area contributed by atoms with E-state index in [1.54, 1.807) is 12.1 Å². The van der Waals surface area contributed by atoms with Crippen LogP contribution in [0.25, 0.3) is 0 Å². The largest absolute Gasteiger partial charge is 0.352 e. The molecule has 0 spiro atoms. The summed E-state index contributed by atoms with van der Waals surface area (Å²) in [4.78, 5) is 24.1. The lowest BCUT2D eigenvalue weighted by molar-refractivity contribution is -0.121. The highest BCUT2D eigenvalue weighted by atomic mass is 32.2. The van der Waals surface area contributed by atoms with Gasteiger partial charge in [-0.3, -0.25) is 9.59 Å². The fourth-order valence-electron chi connectivity index (χ4n) is 2.53. The number of carbonyl (C=O) groups is 2. The van der Waals surface area contributed by atoms with Crippen LogP contribution in [0.5, 0.6) is 0 Å². The summed E-state index contributed by atoms with van der Waals surface area (Å²) in [6, 6.07) is 6.01. The zero-order valence-corrected chi connectivity index (χ0v) is 12.4. The van der Waals surface area contributed by atoms with Gasteiger partial charge in [0, 0.05) is 6.04 Å². The van der Waals surface area contributed by atoms with Crippen LogP contribution in [0.4, 0.5) is 0 Å². The molecule has 0 saturated heterocycles. The number of hydrogen-bond acceptors (Lipinski definition) is 4. The molecule has 0 unspecified atom stereocenters. The van der Waals surface area contributed by atoms with Gasteiger partial charge in [-0.05, 0) is 37.8 Å². The third kappa shape index (κ3) is 2.42. The molecule has 1 aliphatic carbocycles. The number of fused-ring (bicyclic) bond motifs is 1. The van der Waals surface area contributed by atoms with Crippen molar-refractivity contribution in [2.24, 2.45) is 5.92 Å². The van der Waals surface area contributed by atoms with Gasteiger partial charge in [0.25, 0.3) is 15.9 Å². The van der Waals surface area contributed by atoms with Crippen LogP contribution in [-0.4, -0.2) is 37.1 Å². The number of carbonyl (C=O) groups excluding carboxylic acids is 2. The highest BCUT2D eigenvalue weighted by Gasteiger charge is 2.42. The molecule has 1 heterocycles. The Bertz CT molecular complexity index is 709. The van der Waals surface area contributed by atoms with E-state index < -0.39 is 28.4 Å². The molecule has 1 saturated carbocycles. The summed E-state index contributed by atoms with van der Waals surface area (Å²) in [5.41, 5.74) is 0.126. The van der Waals surface area contributed by atoms with E-state index in [0.29, 0.717) is 10.2 Å². The summed E-state index contributed by atoms with van der Waals surface area (Å²) in [7, 11) is -3.91. The van der Waals surface area contributed by atoms with Gasteiger partial charge in [-0.15, -0.1) is 0 Å². The van der Waals surface area contributed by atoms with Crippen molar-refractivity contribution in [3.8, 4) is 0 Å². The minimum atomic E-state index is -3.91. The molecule has 1 fully saturated rings. The molecule has 2 amide bonds. The number of rotatable bonds is 4. The normalized spacial score (nSPS) is 21.0. The molecule has 0 bridgehead atoms. The van der Waals surface area contributed by atoms with E-state index in [9.17, 15) is 18.0 Å². The second kappa shape index (κ2) is 4.84. The van der Waals surface area contributed by atoms with E-state index in [1.807, 2.05) is 6.92 Å². The molecule has 1 N–H and O–H groups in total. The number of benzene rings is 1. The van der Waals surface area contributed by atoms with Crippen molar-refractivity contribution in [3.05, 3.63) is 29.8 Å². The Labute approximate surface area is 123 Å². The van der Waals surface area contributed by atoms with Crippen LogP contribution in [0.1, 0.15) is 30.1 Å². The number of hydrogen-bond donors (Lipinski definition) is 1. The summed E-state index contributed by atoms with van der Waals surface area (Å²) in [6.45, 7) is 1.43. The van der Waals surface area contributed by atoms with Crippen molar-refractivity contribution in [1.82, 2.24) is 9.62 Å². The van der Waals surface area contributed by atoms with E-state index in [1.165, 1.54) is 12.1 Å². The molecule has 7 heteroatoms. The molecule has 1 aromatic carbocycles. The quantitative estimate of drug-likeness (QED) is 0.889. The van der Waals surface area contributed by atoms with Crippen molar-refractivity contribution in [2.75, 3.05) is 6.54 Å². The Morgan fingerprint density at radius 2 is 2.05 bits per heavy atom. The van der Waals surface area contributed by atoms with Gasteiger partial charge in [-0.25, -0.2) is 12.7 Å². The first-order valence-electron chi connectivity index (χ1n) is 6.86. The van der Waals surface area contributed by atoms with E-state index >= 15 is 0 Å². The second-order valence-electron chi connectivity index (χ2n) is 5.51. The van der Waals surface area contributed by atoms with Gasteiger partial charge < -0.3 is 5.32 Å². The average Bonchev–Trinajstić information content (AvgIpc) is 3.25. The molecule has 3 rings (SSSR count). The van der Waals surface area contributed by atoms with Gasteiger partial charge >= 0.3 is 0 Å². The highest BCUT2D eigenvalue weighted by molar-refractivity contribution is 7.90. The van der Waals surface area contributed by atoms with Crippen molar-refractivity contribution in [1.29, 1.82) is 0 Å². The maximum atomic E-state index is 12.3. The van der Waals surface area contributed by atoms with Gasteiger partial charge in [0.1, 0.15) is 11.4 Å². The monoisotopic (exact) mass is 308 g/mol. The molecule has 1 atom stereocenters. The molecular formula is C14H16N2O4S. The van der Waals surface area contributed by atoms with Gasteiger partial charge in [0.05, 0.1) is 5.56 Å². The summed E-state index contributed by atoms with van der Waals surface area (Å²) >= 11 is 0. The van der Waals surface area contributed by atoms with Gasteiger partial charge in [0.2, 0.25) is 5.91 Å². The molecule has 1 aromatic rings. The van der Waals surface area contributed by atoms with Gasteiger partial charge in [-0.1, -0.05) is 12.1 Å². The Morgan fingerprint density at radius 1 is 1.38 bits per heavy atom. The molecule has 6 nitrogen and oxygen atoms in total. The van der Waals surface area contributed by atoms with Gasteiger partial charge in [-0.2, -0.15) is 0 Å². The second-order valence-corrected chi connectivity index (χ2v) is 7.34. The summed E-state index contributed by atoms with van der Waals surface area (Å²) in [5.74, 6) is -0.615. The third-order valence-electron chi connectivity index (χ3n) is 3.92. The van der Waals surface area contributed by atoms with Crippen LogP contribution >= 0.6 is 0 Å². The van der Waals surface area contributed by atoms with Crippen molar-refractivity contribution in [3.63, 3.8) is 0 Å². The fraction of sp³-hybridized carbons (Fsp3) is 0.429. The Hall–Kier alpha value is -1.89. The first-order valence-corrected chi connectivity index (χ1v) is 8.30. The van der Waals surface area contributed by atoms with Crippen molar-refractivity contribution in [2.45, 2.75) is 30.7 Å². The minimum absolute atomic E-state index is 0.0142. The molecule has 2 aliphatic rings. The smallest absolute Gasteiger partial charge is 0.269 e. The van der Waals surface area contributed by atoms with Crippen molar-refractivity contribution < 1.29 is 18.0 Å². The number of sulfonamides is 1. The Morgan fingerprint density at radius 3 is 2.67 bits per heavy atom. The topological polar surface area (TPSA) is 83.6 Å². The summed E-state index contributed by atoms with van der Waals surface area (Å²) in [6.07, 6.45) is 2.15. The first kappa shape index (κ1) is 14.1. The molecule has 1 aliphatic heterocycles. The highest BCUT2D eigenvalue weighted by Crippen LogP contribution is 2.32. The van der Waals surface area contributed by atoms with Crippen LogP contribution < -0.4 is 5.32 Å². The Kier molecular flexibility index (Phi) is 3.24. The molecule has 0 aromatic heterocycles. The van der Waals surface area contributed by atoms with E-state index in [4.69, 9.17) is 0 Å². The fourth-order valence-corrected chi connectivity index (χ4v) is 4.06. The predicted molar refractivity (Wildman–Crippen MR) is 75.0 cm³/mol. The lowest BCUT2D eigenvalue weighted by Crippen LogP contribution is -2.43. The SMILES string of the molecule is C[C@@H](NC(=O)CN1C(=O)c2ccccc2S1(=O)=O)C1CC1. The van der Waals surface area contributed by atoms with E-state index in [0.717, 1.165) is 12.8 Å². The Balaban J connectivity index is 1.77. The van der Waals surface area contributed by atoms with Crippen LogP contribution in [-0.2, 0) is 14.8 Å². The molecule has 112 valence electrons. The maximum Gasteiger partial charge on any atom is 0.269 e. The van der Waals surface area contributed by atoms with E-state index in [2.05, 4.69) is 5.32 Å². The molecule has 21 heavy (non-hydrogen) atoms. The average molecular weight is 308 g/mol. The zero-order valence-electron chi connectivity index (χ0n) is 11.6. The molecule has 0 radical (unpaired) electrons. The van der Waals surface area contributed by atoms with Crippen LogP contribution in [0, 0.1) is 5.92 Å². The van der Waals surface area contributed by atoms with Crippen LogP contribution in [0.3, 0.4) is 0 Å². The first-order chi connectivity index (χ1) is 9.91. The van der Waals surface area contributed by atoms with Crippen LogP contribution in [0.15, 0.2) is 29.2 Å². The predicted octanol–water partition coefficient (Wildman–Crippen LogP) is 0.746. The zero-order chi connectivity index (χ0) is 15.2. The summed E-state index contributed by atoms with van der Waals surface area (Å²) < 4.78 is 25.2. The van der Waals surface area contributed by atoms with Crippen LogP contribution in [0.2, 0.25) is 0 Å². The van der Waals surface area contributed by atoms with Crippen molar-refractivity contribution >= 4 is 21.8 Å². The van der Waals surface area contributed by atoms with Gasteiger partial charge in [0.15, 0.2) is 0 Å². The summed E-state index contributed by atoms with van der Waals surface area (Å²) in [5, 5.41) is 2.76. The minimum Gasteiger partial charge on any atom is -0.352 e. The molecular weight excluding hydrogens is 292 g/mol. The number of nitrogens with zero attached hydrogens (tertiary/aromatic N) is 1. The maximum absolute atomic E-state index is 12.3. The lowest BCUT2D eigenvalue weighted by atomic mass is 10.2. The number of amides is 2. The lowest BCUT2D eigenvalue weighted by Gasteiger charge is -2.17.